The number of hydrogen-bond acceptors (Lipinski definition) is 2. The molecular formula is C24H29NO. The zero-order chi connectivity index (χ0) is 18.4. The van der Waals surface area contributed by atoms with Crippen molar-refractivity contribution in [3.05, 3.63) is 77.5 Å². The molecule has 0 saturated heterocycles. The largest absolute Gasteiger partial charge is 0.373 e. The van der Waals surface area contributed by atoms with Crippen LogP contribution in [-0.4, -0.2) is 11.1 Å². The SMILES string of the molecule is CC(C)CCc1cccc(CC(C)OCc2cnc3ccccc3c2)c1. The van der Waals surface area contributed by atoms with Gasteiger partial charge in [0.2, 0.25) is 0 Å². The van der Waals surface area contributed by atoms with E-state index in [2.05, 4.69) is 62.2 Å². The van der Waals surface area contributed by atoms with Gasteiger partial charge in [-0.05, 0) is 60.9 Å². The summed E-state index contributed by atoms with van der Waals surface area (Å²) < 4.78 is 6.08. The van der Waals surface area contributed by atoms with Gasteiger partial charge in [0.1, 0.15) is 0 Å². The number of para-hydroxylation sites is 1. The first kappa shape index (κ1) is 18.6. The van der Waals surface area contributed by atoms with Gasteiger partial charge < -0.3 is 4.74 Å². The van der Waals surface area contributed by atoms with Crippen molar-refractivity contribution in [1.82, 2.24) is 4.98 Å². The molecule has 0 amide bonds. The highest BCUT2D eigenvalue weighted by atomic mass is 16.5. The summed E-state index contributed by atoms with van der Waals surface area (Å²) in [4.78, 5) is 4.51. The smallest absolute Gasteiger partial charge is 0.0735 e. The Balaban J connectivity index is 1.54. The quantitative estimate of drug-likeness (QED) is 0.501. The predicted molar refractivity (Wildman–Crippen MR) is 109 cm³/mol. The molecule has 0 saturated carbocycles. The minimum absolute atomic E-state index is 0.182. The molecule has 2 nitrogen and oxygen atoms in total. The Labute approximate surface area is 157 Å². The van der Waals surface area contributed by atoms with Crippen molar-refractivity contribution in [2.45, 2.75) is 52.7 Å². The summed E-state index contributed by atoms with van der Waals surface area (Å²) in [5, 5.41) is 1.17. The van der Waals surface area contributed by atoms with E-state index >= 15 is 0 Å². The normalized spacial score (nSPS) is 12.6. The van der Waals surface area contributed by atoms with E-state index in [0.717, 1.165) is 29.8 Å². The lowest BCUT2D eigenvalue weighted by molar-refractivity contribution is 0.0534. The molecule has 1 heterocycles. The van der Waals surface area contributed by atoms with E-state index in [1.165, 1.54) is 22.9 Å². The zero-order valence-electron chi connectivity index (χ0n) is 16.1. The number of aromatic nitrogens is 1. The number of hydrogen-bond donors (Lipinski definition) is 0. The van der Waals surface area contributed by atoms with Crippen molar-refractivity contribution in [2.24, 2.45) is 5.92 Å². The fourth-order valence-corrected chi connectivity index (χ4v) is 3.19. The van der Waals surface area contributed by atoms with Crippen LogP contribution in [0.1, 0.15) is 43.9 Å². The first-order valence-electron chi connectivity index (χ1n) is 9.63. The third-order valence-corrected chi connectivity index (χ3v) is 4.71. The molecule has 0 spiro atoms. The van der Waals surface area contributed by atoms with Gasteiger partial charge in [0.25, 0.3) is 0 Å². The van der Waals surface area contributed by atoms with Crippen LogP contribution in [0.5, 0.6) is 0 Å². The number of benzene rings is 2. The first-order valence-corrected chi connectivity index (χ1v) is 9.63. The molecule has 2 heteroatoms. The van der Waals surface area contributed by atoms with Gasteiger partial charge in [-0.3, -0.25) is 4.98 Å². The third-order valence-electron chi connectivity index (χ3n) is 4.71. The molecule has 0 aliphatic heterocycles. The average Bonchev–Trinajstić information content (AvgIpc) is 2.65. The first-order chi connectivity index (χ1) is 12.6. The Hall–Kier alpha value is -2.19. The van der Waals surface area contributed by atoms with Crippen LogP contribution in [0.15, 0.2) is 60.8 Å². The molecule has 0 fully saturated rings. The van der Waals surface area contributed by atoms with E-state index in [9.17, 15) is 0 Å². The molecular weight excluding hydrogens is 318 g/mol. The number of nitrogens with zero attached hydrogens (tertiary/aromatic N) is 1. The summed E-state index contributed by atoms with van der Waals surface area (Å²) in [6.45, 7) is 7.31. The Morgan fingerprint density at radius 1 is 0.885 bits per heavy atom. The van der Waals surface area contributed by atoms with Crippen LogP contribution in [0.4, 0.5) is 0 Å². The molecule has 1 aromatic heterocycles. The van der Waals surface area contributed by atoms with Gasteiger partial charge in [0.15, 0.2) is 0 Å². The maximum Gasteiger partial charge on any atom is 0.0735 e. The fraction of sp³-hybridized carbons (Fsp3) is 0.375. The maximum atomic E-state index is 6.08. The summed E-state index contributed by atoms with van der Waals surface area (Å²) in [5.74, 6) is 0.747. The number of ether oxygens (including phenoxy) is 1. The van der Waals surface area contributed by atoms with E-state index in [4.69, 9.17) is 4.74 Å². The zero-order valence-corrected chi connectivity index (χ0v) is 16.1. The monoisotopic (exact) mass is 347 g/mol. The molecule has 2 aromatic carbocycles. The van der Waals surface area contributed by atoms with Crippen LogP contribution in [0.2, 0.25) is 0 Å². The van der Waals surface area contributed by atoms with Gasteiger partial charge in [0.05, 0.1) is 18.2 Å². The molecule has 0 bridgehead atoms. The Bertz CT molecular complexity index is 840. The average molecular weight is 348 g/mol. The van der Waals surface area contributed by atoms with Gasteiger partial charge in [-0.15, -0.1) is 0 Å². The molecule has 1 unspecified atom stereocenters. The molecule has 0 radical (unpaired) electrons. The predicted octanol–water partition coefficient (Wildman–Crippen LogP) is 5.97. The van der Waals surface area contributed by atoms with Crippen molar-refractivity contribution in [3.63, 3.8) is 0 Å². The standard InChI is InChI=1S/C24H29NO/c1-18(2)11-12-20-7-6-8-21(14-20)13-19(3)26-17-22-15-23-9-4-5-10-24(23)25-16-22/h4-10,14-16,18-19H,11-13,17H2,1-3H3. The number of pyridine rings is 1. The van der Waals surface area contributed by atoms with Gasteiger partial charge >= 0.3 is 0 Å². The summed E-state index contributed by atoms with van der Waals surface area (Å²) in [5.41, 5.74) is 4.95. The van der Waals surface area contributed by atoms with Crippen LogP contribution < -0.4 is 0 Å². The van der Waals surface area contributed by atoms with Crippen LogP contribution in [0.3, 0.4) is 0 Å². The van der Waals surface area contributed by atoms with Crippen molar-refractivity contribution < 1.29 is 4.74 Å². The second-order valence-electron chi connectivity index (χ2n) is 7.61. The lowest BCUT2D eigenvalue weighted by Gasteiger charge is -2.14. The van der Waals surface area contributed by atoms with E-state index in [1.54, 1.807) is 0 Å². The molecule has 3 aromatic rings. The summed E-state index contributed by atoms with van der Waals surface area (Å²) >= 11 is 0. The van der Waals surface area contributed by atoms with Crippen LogP contribution in [0.25, 0.3) is 10.9 Å². The van der Waals surface area contributed by atoms with Crippen LogP contribution in [0, 0.1) is 5.92 Å². The van der Waals surface area contributed by atoms with Gasteiger partial charge in [-0.25, -0.2) is 0 Å². The summed E-state index contributed by atoms with van der Waals surface area (Å²) in [6.07, 6.45) is 5.44. The Morgan fingerprint density at radius 3 is 2.54 bits per heavy atom. The highest BCUT2D eigenvalue weighted by Crippen LogP contribution is 2.16. The van der Waals surface area contributed by atoms with E-state index < -0.39 is 0 Å². The third kappa shape index (κ3) is 5.40. The summed E-state index contributed by atoms with van der Waals surface area (Å²) in [7, 11) is 0. The lowest BCUT2D eigenvalue weighted by Crippen LogP contribution is -2.12. The van der Waals surface area contributed by atoms with Crippen molar-refractivity contribution in [1.29, 1.82) is 0 Å². The molecule has 26 heavy (non-hydrogen) atoms. The van der Waals surface area contributed by atoms with Crippen molar-refractivity contribution in [3.8, 4) is 0 Å². The van der Waals surface area contributed by atoms with Crippen LogP contribution in [-0.2, 0) is 24.2 Å². The second kappa shape index (κ2) is 8.95. The van der Waals surface area contributed by atoms with Gasteiger partial charge in [0, 0.05) is 11.6 Å². The van der Waals surface area contributed by atoms with Crippen molar-refractivity contribution >= 4 is 10.9 Å². The number of fused-ring (bicyclic) bond motifs is 1. The Morgan fingerprint density at radius 2 is 1.69 bits per heavy atom. The number of rotatable bonds is 8. The van der Waals surface area contributed by atoms with E-state index in [1.807, 2.05) is 24.4 Å². The topological polar surface area (TPSA) is 22.1 Å². The molecule has 0 aliphatic rings. The van der Waals surface area contributed by atoms with Crippen LogP contribution >= 0.6 is 0 Å². The van der Waals surface area contributed by atoms with E-state index in [0.29, 0.717) is 6.61 Å². The lowest BCUT2D eigenvalue weighted by atomic mass is 9.99. The Kier molecular flexibility index (Phi) is 6.40. The second-order valence-corrected chi connectivity index (χ2v) is 7.61. The molecule has 3 rings (SSSR count). The molecule has 0 aliphatic carbocycles. The van der Waals surface area contributed by atoms with Gasteiger partial charge in [-0.2, -0.15) is 0 Å². The summed E-state index contributed by atoms with van der Waals surface area (Å²) in [6, 6.07) is 19.3. The maximum absolute atomic E-state index is 6.08. The minimum atomic E-state index is 0.182. The highest BCUT2D eigenvalue weighted by molar-refractivity contribution is 5.78. The van der Waals surface area contributed by atoms with Gasteiger partial charge in [-0.1, -0.05) is 56.3 Å². The number of aryl methyl sites for hydroxylation is 1. The van der Waals surface area contributed by atoms with Crippen molar-refractivity contribution in [2.75, 3.05) is 0 Å². The molecule has 1 atom stereocenters. The molecule has 136 valence electrons. The fourth-order valence-electron chi connectivity index (χ4n) is 3.19. The minimum Gasteiger partial charge on any atom is -0.373 e. The molecule has 0 N–H and O–H groups in total. The van der Waals surface area contributed by atoms with E-state index in [-0.39, 0.29) is 6.10 Å². The highest BCUT2D eigenvalue weighted by Gasteiger charge is 2.07.